The first kappa shape index (κ1) is 14.8. The third kappa shape index (κ3) is 5.11. The molecule has 1 N–H and O–H groups in total. The Kier molecular flexibility index (Phi) is 6.11. The predicted molar refractivity (Wildman–Crippen MR) is 78.2 cm³/mol. The fourth-order valence-electron chi connectivity index (χ4n) is 3.06. The number of carbonyl (C=O) groups is 1. The van der Waals surface area contributed by atoms with E-state index in [4.69, 9.17) is 0 Å². The third-order valence-electron chi connectivity index (χ3n) is 4.50. The maximum absolute atomic E-state index is 12.1. The van der Waals surface area contributed by atoms with Gasteiger partial charge < -0.3 is 15.1 Å². The van der Waals surface area contributed by atoms with Gasteiger partial charge in [0, 0.05) is 32.2 Å². The summed E-state index contributed by atoms with van der Waals surface area (Å²) in [5.74, 6) is 0.287. The average molecular weight is 267 g/mol. The number of hydrogen-bond donors (Lipinski definition) is 1. The molecule has 2 aliphatic rings. The molecule has 4 heteroatoms. The van der Waals surface area contributed by atoms with Crippen LogP contribution in [0.5, 0.6) is 0 Å². The smallest absolute Gasteiger partial charge is 0.236 e. The van der Waals surface area contributed by atoms with Crippen LogP contribution in [-0.2, 0) is 4.79 Å². The molecule has 19 heavy (non-hydrogen) atoms. The Morgan fingerprint density at radius 2 is 1.58 bits per heavy atom. The molecule has 1 amide bonds. The Morgan fingerprint density at radius 1 is 1.00 bits per heavy atom. The zero-order chi connectivity index (χ0) is 13.5. The molecule has 110 valence electrons. The van der Waals surface area contributed by atoms with Crippen molar-refractivity contribution in [3.05, 3.63) is 0 Å². The van der Waals surface area contributed by atoms with E-state index in [0.29, 0.717) is 12.6 Å². The van der Waals surface area contributed by atoms with Gasteiger partial charge in [-0.1, -0.05) is 32.1 Å². The minimum Gasteiger partial charge on any atom is -0.339 e. The van der Waals surface area contributed by atoms with Gasteiger partial charge in [0.15, 0.2) is 0 Å². The molecular formula is C15H29N3O. The molecule has 0 unspecified atom stereocenters. The second-order valence-electron chi connectivity index (χ2n) is 6.11. The van der Waals surface area contributed by atoms with Crippen LogP contribution in [0, 0.1) is 0 Å². The van der Waals surface area contributed by atoms with Gasteiger partial charge >= 0.3 is 0 Å². The summed E-state index contributed by atoms with van der Waals surface area (Å²) in [5.41, 5.74) is 0. The molecular weight excluding hydrogens is 238 g/mol. The Balaban J connectivity index is 1.67. The van der Waals surface area contributed by atoms with Gasteiger partial charge in [-0.25, -0.2) is 0 Å². The highest BCUT2D eigenvalue weighted by Crippen LogP contribution is 2.16. The lowest BCUT2D eigenvalue weighted by molar-refractivity contribution is -0.131. The molecule has 1 aliphatic heterocycles. The van der Waals surface area contributed by atoms with Gasteiger partial charge in [-0.3, -0.25) is 4.79 Å². The first-order valence-corrected chi connectivity index (χ1v) is 7.95. The molecule has 0 aromatic rings. The van der Waals surface area contributed by atoms with Crippen molar-refractivity contribution in [2.75, 3.05) is 39.8 Å². The molecule has 0 spiro atoms. The van der Waals surface area contributed by atoms with Crippen molar-refractivity contribution >= 4 is 5.91 Å². The number of rotatable bonds is 3. The van der Waals surface area contributed by atoms with Crippen molar-refractivity contribution in [3.63, 3.8) is 0 Å². The molecule has 2 rings (SSSR count). The molecule has 0 aromatic carbocycles. The van der Waals surface area contributed by atoms with E-state index < -0.39 is 0 Å². The number of likely N-dealkylation sites (N-methyl/N-ethyl adjacent to an activating group) is 1. The predicted octanol–water partition coefficient (Wildman–Crippen LogP) is 1.46. The van der Waals surface area contributed by atoms with E-state index in [9.17, 15) is 4.79 Å². The number of piperazine rings is 1. The van der Waals surface area contributed by atoms with Gasteiger partial charge in [0.05, 0.1) is 6.54 Å². The van der Waals surface area contributed by atoms with E-state index in [2.05, 4.69) is 17.3 Å². The van der Waals surface area contributed by atoms with Crippen LogP contribution in [-0.4, -0.2) is 61.5 Å². The van der Waals surface area contributed by atoms with Crippen LogP contribution in [0.1, 0.15) is 44.9 Å². The molecule has 2 fully saturated rings. The summed E-state index contributed by atoms with van der Waals surface area (Å²) in [4.78, 5) is 16.4. The SMILES string of the molecule is CN1CCN(C(=O)CNC2CCCCCCC2)CC1. The van der Waals surface area contributed by atoms with E-state index in [1.807, 2.05) is 4.90 Å². The first-order valence-electron chi connectivity index (χ1n) is 7.95. The highest BCUT2D eigenvalue weighted by molar-refractivity contribution is 5.78. The Hall–Kier alpha value is -0.610. The molecule has 0 bridgehead atoms. The largest absolute Gasteiger partial charge is 0.339 e. The van der Waals surface area contributed by atoms with Crippen LogP contribution < -0.4 is 5.32 Å². The van der Waals surface area contributed by atoms with E-state index in [-0.39, 0.29) is 5.91 Å². The fourth-order valence-corrected chi connectivity index (χ4v) is 3.06. The van der Waals surface area contributed by atoms with Gasteiger partial charge in [-0.05, 0) is 19.9 Å². The van der Waals surface area contributed by atoms with Crippen LogP contribution in [0.3, 0.4) is 0 Å². The normalized spacial score (nSPS) is 23.9. The van der Waals surface area contributed by atoms with E-state index in [1.54, 1.807) is 0 Å². The maximum Gasteiger partial charge on any atom is 0.236 e. The standard InChI is InChI=1S/C15H29N3O/c1-17-9-11-18(12-10-17)15(19)13-16-14-7-5-3-2-4-6-8-14/h14,16H,2-13H2,1H3. The van der Waals surface area contributed by atoms with Gasteiger partial charge in [0.1, 0.15) is 0 Å². The number of nitrogens with one attached hydrogen (secondary N) is 1. The fraction of sp³-hybridized carbons (Fsp3) is 0.933. The maximum atomic E-state index is 12.1. The minimum atomic E-state index is 0.287. The number of amides is 1. The minimum absolute atomic E-state index is 0.287. The first-order chi connectivity index (χ1) is 9.25. The Labute approximate surface area is 117 Å². The van der Waals surface area contributed by atoms with Crippen LogP contribution >= 0.6 is 0 Å². The summed E-state index contributed by atoms with van der Waals surface area (Å²) >= 11 is 0. The molecule has 1 aliphatic carbocycles. The zero-order valence-electron chi connectivity index (χ0n) is 12.4. The highest BCUT2D eigenvalue weighted by atomic mass is 16.2. The van der Waals surface area contributed by atoms with Crippen LogP contribution in [0.25, 0.3) is 0 Å². The van der Waals surface area contributed by atoms with Crippen LogP contribution in [0.4, 0.5) is 0 Å². The molecule has 0 atom stereocenters. The Bertz CT molecular complexity index is 267. The number of hydrogen-bond acceptors (Lipinski definition) is 3. The summed E-state index contributed by atoms with van der Waals surface area (Å²) in [5, 5.41) is 3.49. The van der Waals surface area contributed by atoms with E-state index in [1.165, 1.54) is 44.9 Å². The van der Waals surface area contributed by atoms with Crippen LogP contribution in [0.2, 0.25) is 0 Å². The lowest BCUT2D eigenvalue weighted by Crippen LogP contribution is -2.50. The van der Waals surface area contributed by atoms with Gasteiger partial charge in [-0.15, -0.1) is 0 Å². The molecule has 1 saturated carbocycles. The number of nitrogens with zero attached hydrogens (tertiary/aromatic N) is 2. The second-order valence-corrected chi connectivity index (χ2v) is 6.11. The Morgan fingerprint density at radius 3 is 2.21 bits per heavy atom. The van der Waals surface area contributed by atoms with Crippen molar-refractivity contribution in [3.8, 4) is 0 Å². The quantitative estimate of drug-likeness (QED) is 0.841. The van der Waals surface area contributed by atoms with Gasteiger partial charge in [-0.2, -0.15) is 0 Å². The summed E-state index contributed by atoms with van der Waals surface area (Å²) in [6.45, 7) is 4.34. The lowest BCUT2D eigenvalue weighted by Gasteiger charge is -2.33. The second kappa shape index (κ2) is 7.85. The molecule has 1 heterocycles. The molecule has 1 saturated heterocycles. The van der Waals surface area contributed by atoms with Crippen molar-refractivity contribution < 1.29 is 4.79 Å². The molecule has 0 radical (unpaired) electrons. The van der Waals surface area contributed by atoms with E-state index >= 15 is 0 Å². The summed E-state index contributed by atoms with van der Waals surface area (Å²) in [6, 6.07) is 0.566. The number of carbonyl (C=O) groups excluding carboxylic acids is 1. The molecule has 0 aromatic heterocycles. The van der Waals surface area contributed by atoms with Crippen LogP contribution in [0.15, 0.2) is 0 Å². The van der Waals surface area contributed by atoms with Gasteiger partial charge in [0.2, 0.25) is 5.91 Å². The van der Waals surface area contributed by atoms with E-state index in [0.717, 1.165) is 26.2 Å². The average Bonchev–Trinajstić information content (AvgIpc) is 2.38. The summed E-state index contributed by atoms with van der Waals surface area (Å²) < 4.78 is 0. The van der Waals surface area contributed by atoms with Gasteiger partial charge in [0.25, 0.3) is 0 Å². The highest BCUT2D eigenvalue weighted by Gasteiger charge is 2.19. The monoisotopic (exact) mass is 267 g/mol. The lowest BCUT2D eigenvalue weighted by atomic mass is 9.97. The van der Waals surface area contributed by atoms with Crippen molar-refractivity contribution in [2.24, 2.45) is 0 Å². The molecule has 4 nitrogen and oxygen atoms in total. The third-order valence-corrected chi connectivity index (χ3v) is 4.50. The van der Waals surface area contributed by atoms with Crippen molar-refractivity contribution in [1.82, 2.24) is 15.1 Å². The van der Waals surface area contributed by atoms with Crippen molar-refractivity contribution in [1.29, 1.82) is 0 Å². The summed E-state index contributed by atoms with van der Waals surface area (Å²) in [7, 11) is 2.12. The topological polar surface area (TPSA) is 35.6 Å². The summed E-state index contributed by atoms with van der Waals surface area (Å²) in [6.07, 6.45) is 9.26. The van der Waals surface area contributed by atoms with Crippen molar-refractivity contribution in [2.45, 2.75) is 51.0 Å². The zero-order valence-corrected chi connectivity index (χ0v) is 12.4.